The molecule has 3 rings (SSSR count). The molecule has 0 saturated carbocycles. The number of nitrogens with one attached hydrogen (secondary N) is 2. The Labute approximate surface area is 141 Å². The monoisotopic (exact) mass is 342 g/mol. The van der Waals surface area contributed by atoms with E-state index in [-0.39, 0.29) is 22.6 Å². The van der Waals surface area contributed by atoms with Crippen molar-refractivity contribution in [3.05, 3.63) is 83.6 Å². The largest absolute Gasteiger partial charge is 0.451 e. The third kappa shape index (κ3) is 3.72. The van der Waals surface area contributed by atoms with Crippen LogP contribution >= 0.6 is 0 Å². The van der Waals surface area contributed by atoms with Gasteiger partial charge in [0, 0.05) is 5.56 Å². The van der Waals surface area contributed by atoms with Crippen LogP contribution in [0.1, 0.15) is 20.9 Å². The van der Waals surface area contributed by atoms with Crippen LogP contribution in [0.15, 0.2) is 65.1 Å². The summed E-state index contributed by atoms with van der Waals surface area (Å²) in [5.74, 6) is -2.19. The Kier molecular flexibility index (Phi) is 4.56. The van der Waals surface area contributed by atoms with E-state index < -0.39 is 23.4 Å². The predicted octanol–water partition coefficient (Wildman–Crippen LogP) is 3.30. The average molecular weight is 342 g/mol. The van der Waals surface area contributed by atoms with Crippen molar-refractivity contribution in [1.82, 2.24) is 10.9 Å². The number of carbonyl (C=O) groups excluding carboxylic acids is 2. The van der Waals surface area contributed by atoms with Gasteiger partial charge in [-0.3, -0.25) is 20.4 Å². The summed E-state index contributed by atoms with van der Waals surface area (Å²) >= 11 is 0. The minimum absolute atomic E-state index is 0.0994. The number of carbonyl (C=O) groups is 2. The highest BCUT2D eigenvalue weighted by molar-refractivity contribution is 5.98. The molecule has 0 unspecified atom stereocenters. The van der Waals surface area contributed by atoms with Crippen molar-refractivity contribution in [1.29, 1.82) is 0 Å². The van der Waals surface area contributed by atoms with Crippen molar-refractivity contribution in [2.75, 3.05) is 0 Å². The second-order valence-corrected chi connectivity index (χ2v) is 5.06. The van der Waals surface area contributed by atoms with Gasteiger partial charge in [-0.2, -0.15) is 0 Å². The number of furan rings is 1. The van der Waals surface area contributed by atoms with E-state index in [4.69, 9.17) is 4.42 Å². The standard InChI is InChI=1S/C18H12F2N2O3/c19-12-7-5-11(6-8-12)17(23)21-22-18(24)16-10-9-15(25-16)13-3-1-2-4-14(13)20/h1-10H,(H,21,23)(H,22,24). The van der Waals surface area contributed by atoms with Crippen molar-refractivity contribution < 1.29 is 22.8 Å². The van der Waals surface area contributed by atoms with E-state index in [1.165, 1.54) is 36.4 Å². The Morgan fingerprint density at radius 2 is 1.48 bits per heavy atom. The highest BCUT2D eigenvalue weighted by Crippen LogP contribution is 2.24. The number of rotatable bonds is 3. The highest BCUT2D eigenvalue weighted by atomic mass is 19.1. The molecule has 7 heteroatoms. The second-order valence-electron chi connectivity index (χ2n) is 5.06. The molecule has 0 spiro atoms. The Balaban J connectivity index is 1.65. The third-order valence-electron chi connectivity index (χ3n) is 3.37. The topological polar surface area (TPSA) is 71.3 Å². The fourth-order valence-electron chi connectivity index (χ4n) is 2.11. The molecule has 2 aromatic carbocycles. The number of benzene rings is 2. The summed E-state index contributed by atoms with van der Waals surface area (Å²) in [6.45, 7) is 0. The zero-order valence-electron chi connectivity index (χ0n) is 12.8. The van der Waals surface area contributed by atoms with Gasteiger partial charge in [0.2, 0.25) is 0 Å². The summed E-state index contributed by atoms with van der Waals surface area (Å²) in [4.78, 5) is 23.8. The number of hydrogen-bond donors (Lipinski definition) is 2. The van der Waals surface area contributed by atoms with Crippen molar-refractivity contribution >= 4 is 11.8 Å². The van der Waals surface area contributed by atoms with Crippen molar-refractivity contribution in [3.8, 4) is 11.3 Å². The van der Waals surface area contributed by atoms with Gasteiger partial charge in [0.25, 0.3) is 5.91 Å². The van der Waals surface area contributed by atoms with Crippen LogP contribution in [0.3, 0.4) is 0 Å². The molecule has 2 N–H and O–H groups in total. The smallest absolute Gasteiger partial charge is 0.305 e. The van der Waals surface area contributed by atoms with E-state index >= 15 is 0 Å². The Morgan fingerprint density at radius 1 is 0.800 bits per heavy atom. The SMILES string of the molecule is O=C(NNC(=O)c1ccc(-c2ccccc2F)o1)c1ccc(F)cc1. The lowest BCUT2D eigenvalue weighted by atomic mass is 10.1. The molecule has 0 radical (unpaired) electrons. The number of hydrogen-bond acceptors (Lipinski definition) is 3. The fraction of sp³-hybridized carbons (Fsp3) is 0. The quantitative estimate of drug-likeness (QED) is 0.718. The molecule has 2 amide bonds. The first-order valence-electron chi connectivity index (χ1n) is 7.25. The number of hydrazine groups is 1. The van der Waals surface area contributed by atoms with Crippen LogP contribution in [-0.4, -0.2) is 11.8 Å². The molecular weight excluding hydrogens is 330 g/mol. The van der Waals surface area contributed by atoms with Crippen LogP contribution < -0.4 is 10.9 Å². The van der Waals surface area contributed by atoms with Gasteiger partial charge in [-0.25, -0.2) is 8.78 Å². The molecule has 1 aromatic heterocycles. The molecular formula is C18H12F2N2O3. The molecule has 0 bridgehead atoms. The third-order valence-corrected chi connectivity index (χ3v) is 3.37. The maximum absolute atomic E-state index is 13.7. The van der Waals surface area contributed by atoms with Crippen molar-refractivity contribution in [2.45, 2.75) is 0 Å². The van der Waals surface area contributed by atoms with Gasteiger partial charge in [-0.05, 0) is 48.5 Å². The van der Waals surface area contributed by atoms with Gasteiger partial charge in [0.1, 0.15) is 17.4 Å². The zero-order valence-corrected chi connectivity index (χ0v) is 12.8. The summed E-state index contributed by atoms with van der Waals surface area (Å²) < 4.78 is 31.8. The van der Waals surface area contributed by atoms with E-state index in [0.717, 1.165) is 12.1 Å². The molecule has 0 saturated heterocycles. The van der Waals surface area contributed by atoms with Gasteiger partial charge < -0.3 is 4.42 Å². The zero-order chi connectivity index (χ0) is 17.8. The van der Waals surface area contributed by atoms with Gasteiger partial charge in [-0.15, -0.1) is 0 Å². The first-order chi connectivity index (χ1) is 12.0. The van der Waals surface area contributed by atoms with E-state index in [1.54, 1.807) is 12.1 Å². The first-order valence-corrected chi connectivity index (χ1v) is 7.25. The van der Waals surface area contributed by atoms with E-state index in [9.17, 15) is 18.4 Å². The van der Waals surface area contributed by atoms with Crippen LogP contribution in [-0.2, 0) is 0 Å². The van der Waals surface area contributed by atoms with Crippen LogP contribution in [0, 0.1) is 11.6 Å². The molecule has 0 aliphatic rings. The Bertz CT molecular complexity index is 920. The van der Waals surface area contributed by atoms with Crippen LogP contribution in [0.4, 0.5) is 8.78 Å². The number of halogens is 2. The summed E-state index contributed by atoms with van der Waals surface area (Å²) in [6.07, 6.45) is 0. The minimum Gasteiger partial charge on any atom is -0.451 e. The normalized spacial score (nSPS) is 10.3. The Morgan fingerprint density at radius 3 is 2.20 bits per heavy atom. The van der Waals surface area contributed by atoms with Gasteiger partial charge in [0.15, 0.2) is 5.76 Å². The maximum Gasteiger partial charge on any atom is 0.305 e. The molecule has 0 aliphatic carbocycles. The fourth-order valence-corrected chi connectivity index (χ4v) is 2.11. The van der Waals surface area contributed by atoms with Gasteiger partial charge in [0.05, 0.1) is 5.56 Å². The molecule has 0 fully saturated rings. The average Bonchev–Trinajstić information content (AvgIpc) is 3.10. The molecule has 3 aromatic rings. The molecule has 0 aliphatic heterocycles. The second kappa shape index (κ2) is 6.96. The van der Waals surface area contributed by atoms with Crippen LogP contribution in [0.25, 0.3) is 11.3 Å². The van der Waals surface area contributed by atoms with E-state index in [1.807, 2.05) is 0 Å². The summed E-state index contributed by atoms with van der Waals surface area (Å²) in [7, 11) is 0. The molecule has 0 atom stereocenters. The Hall–Kier alpha value is -3.48. The van der Waals surface area contributed by atoms with Crippen LogP contribution in [0.2, 0.25) is 0 Å². The molecule has 5 nitrogen and oxygen atoms in total. The molecule has 126 valence electrons. The van der Waals surface area contributed by atoms with Crippen molar-refractivity contribution in [3.63, 3.8) is 0 Å². The lowest BCUT2D eigenvalue weighted by Crippen LogP contribution is -2.41. The first kappa shape index (κ1) is 16.4. The summed E-state index contributed by atoms with van der Waals surface area (Å²) in [5, 5.41) is 0. The highest BCUT2D eigenvalue weighted by Gasteiger charge is 2.15. The molecule has 1 heterocycles. The number of amides is 2. The summed E-state index contributed by atoms with van der Waals surface area (Å²) in [6, 6.07) is 13.6. The van der Waals surface area contributed by atoms with E-state index in [2.05, 4.69) is 10.9 Å². The minimum atomic E-state index is -0.710. The predicted molar refractivity (Wildman–Crippen MR) is 85.4 cm³/mol. The van der Waals surface area contributed by atoms with E-state index in [0.29, 0.717) is 0 Å². The maximum atomic E-state index is 13.7. The molecule has 25 heavy (non-hydrogen) atoms. The van der Waals surface area contributed by atoms with Gasteiger partial charge >= 0.3 is 5.91 Å². The lowest BCUT2D eigenvalue weighted by Gasteiger charge is -2.06. The van der Waals surface area contributed by atoms with Crippen LogP contribution in [0.5, 0.6) is 0 Å². The van der Waals surface area contributed by atoms with Gasteiger partial charge in [-0.1, -0.05) is 12.1 Å². The lowest BCUT2D eigenvalue weighted by molar-refractivity contribution is 0.0831. The summed E-state index contributed by atoms with van der Waals surface area (Å²) in [5.41, 5.74) is 4.75. The van der Waals surface area contributed by atoms with Crippen molar-refractivity contribution in [2.24, 2.45) is 0 Å².